The standard InChI is InChI=1S/C33H60N2O4/c1-20(2)23-16-21(17-24(29(23)38)31(3,4)5)12-14-27(36)34-35-28(37)15-13-22-18-25(32(6,7)8)30(39)26(19-22)33(9,10)11/h21-26,29-30,38-39H,1,12-19H2,2-11H3,(H,34,36)(H,35,37). The molecule has 4 N–H and O–H groups in total. The van der Waals surface area contributed by atoms with E-state index in [0.717, 1.165) is 44.1 Å². The van der Waals surface area contributed by atoms with Gasteiger partial charge in [0, 0.05) is 18.8 Å². The molecule has 0 radical (unpaired) electrons. The van der Waals surface area contributed by atoms with Crippen molar-refractivity contribution < 1.29 is 19.8 Å². The lowest BCUT2D eigenvalue weighted by Gasteiger charge is -2.49. The van der Waals surface area contributed by atoms with Gasteiger partial charge in [-0.25, -0.2) is 0 Å². The van der Waals surface area contributed by atoms with Crippen LogP contribution < -0.4 is 10.9 Å². The van der Waals surface area contributed by atoms with Gasteiger partial charge in [-0.15, -0.1) is 0 Å². The minimum absolute atomic E-state index is 0.00548. The van der Waals surface area contributed by atoms with E-state index in [1.165, 1.54) is 0 Å². The molecular weight excluding hydrogens is 488 g/mol. The summed E-state index contributed by atoms with van der Waals surface area (Å²) >= 11 is 0. The van der Waals surface area contributed by atoms with Crippen molar-refractivity contribution in [1.82, 2.24) is 10.9 Å². The number of rotatable bonds is 7. The topological polar surface area (TPSA) is 98.7 Å². The molecule has 39 heavy (non-hydrogen) atoms. The van der Waals surface area contributed by atoms with Crippen LogP contribution in [-0.2, 0) is 9.59 Å². The molecule has 226 valence electrons. The predicted molar refractivity (Wildman–Crippen MR) is 159 cm³/mol. The fraction of sp³-hybridized carbons (Fsp3) is 0.879. The summed E-state index contributed by atoms with van der Waals surface area (Å²) in [6.45, 7) is 25.8. The van der Waals surface area contributed by atoms with Gasteiger partial charge in [0.15, 0.2) is 0 Å². The maximum absolute atomic E-state index is 12.6. The molecule has 2 aliphatic carbocycles. The van der Waals surface area contributed by atoms with Crippen LogP contribution in [0.4, 0.5) is 0 Å². The molecule has 0 bridgehead atoms. The van der Waals surface area contributed by atoms with Gasteiger partial charge in [0.1, 0.15) is 0 Å². The highest BCUT2D eigenvalue weighted by atomic mass is 16.3. The zero-order valence-corrected chi connectivity index (χ0v) is 26.7. The zero-order chi connectivity index (χ0) is 29.9. The molecule has 2 fully saturated rings. The number of carbonyl (C=O) groups is 2. The fourth-order valence-electron chi connectivity index (χ4n) is 7.24. The maximum atomic E-state index is 12.6. The van der Waals surface area contributed by atoms with E-state index in [0.29, 0.717) is 24.7 Å². The Morgan fingerprint density at radius 1 is 0.667 bits per heavy atom. The molecule has 0 aromatic heterocycles. The van der Waals surface area contributed by atoms with E-state index < -0.39 is 6.10 Å². The molecule has 2 amide bonds. The van der Waals surface area contributed by atoms with Crippen molar-refractivity contribution in [2.75, 3.05) is 0 Å². The van der Waals surface area contributed by atoms with Crippen LogP contribution >= 0.6 is 0 Å². The maximum Gasteiger partial charge on any atom is 0.238 e. The van der Waals surface area contributed by atoms with Crippen LogP contribution in [0.15, 0.2) is 12.2 Å². The largest absolute Gasteiger partial charge is 0.393 e. The summed E-state index contributed by atoms with van der Waals surface area (Å²) in [5.41, 5.74) is 6.25. The first-order chi connectivity index (χ1) is 17.7. The van der Waals surface area contributed by atoms with Gasteiger partial charge in [-0.3, -0.25) is 20.4 Å². The molecule has 6 unspecified atom stereocenters. The molecule has 0 saturated heterocycles. The van der Waals surface area contributed by atoms with Crippen LogP contribution in [0.2, 0.25) is 0 Å². The Morgan fingerprint density at radius 3 is 1.33 bits per heavy atom. The van der Waals surface area contributed by atoms with E-state index in [9.17, 15) is 19.8 Å². The number of hydrogen-bond donors (Lipinski definition) is 4. The minimum Gasteiger partial charge on any atom is -0.393 e. The zero-order valence-electron chi connectivity index (χ0n) is 26.7. The number of amides is 2. The van der Waals surface area contributed by atoms with E-state index in [1.807, 2.05) is 6.92 Å². The average molecular weight is 549 g/mol. The Morgan fingerprint density at radius 2 is 1.00 bits per heavy atom. The third-order valence-electron chi connectivity index (χ3n) is 9.87. The van der Waals surface area contributed by atoms with Gasteiger partial charge in [0.05, 0.1) is 12.2 Å². The van der Waals surface area contributed by atoms with Gasteiger partial charge in [0.25, 0.3) is 0 Å². The van der Waals surface area contributed by atoms with Gasteiger partial charge in [-0.1, -0.05) is 74.5 Å². The summed E-state index contributed by atoms with van der Waals surface area (Å²) in [7, 11) is 0. The van der Waals surface area contributed by atoms with Crippen LogP contribution in [-0.4, -0.2) is 34.2 Å². The molecule has 0 spiro atoms. The predicted octanol–water partition coefficient (Wildman–Crippen LogP) is 6.42. The number of hydrogen-bond acceptors (Lipinski definition) is 4. The Hall–Kier alpha value is -1.40. The Kier molecular flexibility index (Phi) is 11.3. The highest BCUT2D eigenvalue weighted by Gasteiger charge is 2.46. The van der Waals surface area contributed by atoms with E-state index in [1.54, 1.807) is 0 Å². The molecule has 2 aliphatic rings. The summed E-state index contributed by atoms with van der Waals surface area (Å²) in [5, 5.41) is 22.1. The Balaban J connectivity index is 1.84. The molecule has 0 aromatic carbocycles. The molecule has 2 rings (SSSR count). The van der Waals surface area contributed by atoms with Crippen molar-refractivity contribution in [2.45, 2.75) is 133 Å². The summed E-state index contributed by atoms with van der Waals surface area (Å²) < 4.78 is 0. The summed E-state index contributed by atoms with van der Waals surface area (Å²) in [5.74, 6) is 1.01. The third-order valence-corrected chi connectivity index (χ3v) is 9.87. The van der Waals surface area contributed by atoms with Crippen LogP contribution in [0.5, 0.6) is 0 Å². The van der Waals surface area contributed by atoms with Crippen molar-refractivity contribution in [3.8, 4) is 0 Å². The monoisotopic (exact) mass is 548 g/mol. The first-order valence-corrected chi connectivity index (χ1v) is 15.3. The molecule has 0 aromatic rings. The van der Waals surface area contributed by atoms with Gasteiger partial charge in [-0.2, -0.15) is 0 Å². The molecule has 0 heterocycles. The molecule has 6 atom stereocenters. The van der Waals surface area contributed by atoms with E-state index in [2.05, 4.69) is 79.7 Å². The number of aliphatic hydroxyl groups excluding tert-OH is 2. The SMILES string of the molecule is C=C(C)C1CC(CCC(=O)NNC(=O)CCC2CC(C(C)(C)C)C(O)C(C(C)(C)C)C2)CC(C(C)(C)C)C1O. The second-order valence-corrected chi connectivity index (χ2v) is 16.2. The highest BCUT2D eigenvalue weighted by molar-refractivity contribution is 5.81. The molecule has 6 nitrogen and oxygen atoms in total. The van der Waals surface area contributed by atoms with Gasteiger partial charge < -0.3 is 10.2 Å². The molecular formula is C33H60N2O4. The number of hydrazine groups is 1. The second kappa shape index (κ2) is 13.1. The second-order valence-electron chi connectivity index (χ2n) is 16.2. The smallest absolute Gasteiger partial charge is 0.238 e. The first-order valence-electron chi connectivity index (χ1n) is 15.3. The summed E-state index contributed by atoms with van der Waals surface area (Å²) in [4.78, 5) is 25.2. The van der Waals surface area contributed by atoms with E-state index >= 15 is 0 Å². The van der Waals surface area contributed by atoms with Gasteiger partial charge in [-0.05, 0) is 91.3 Å². The highest BCUT2D eigenvalue weighted by Crippen LogP contribution is 2.49. The minimum atomic E-state index is -0.392. The fourth-order valence-corrected chi connectivity index (χ4v) is 7.24. The lowest BCUT2D eigenvalue weighted by Crippen LogP contribution is -2.48. The number of aliphatic hydroxyl groups is 2. The van der Waals surface area contributed by atoms with Crippen molar-refractivity contribution in [3.63, 3.8) is 0 Å². The van der Waals surface area contributed by atoms with E-state index in [4.69, 9.17) is 0 Å². The van der Waals surface area contributed by atoms with Gasteiger partial charge in [0.2, 0.25) is 11.8 Å². The van der Waals surface area contributed by atoms with Crippen molar-refractivity contribution in [1.29, 1.82) is 0 Å². The first kappa shape index (κ1) is 33.8. The van der Waals surface area contributed by atoms with Crippen molar-refractivity contribution in [2.24, 2.45) is 51.8 Å². The lowest BCUT2D eigenvalue weighted by atomic mass is 9.58. The van der Waals surface area contributed by atoms with Crippen molar-refractivity contribution in [3.05, 3.63) is 12.2 Å². The third kappa shape index (κ3) is 9.59. The van der Waals surface area contributed by atoms with Crippen LogP contribution in [0.1, 0.15) is 121 Å². The average Bonchev–Trinajstić information content (AvgIpc) is 2.78. The van der Waals surface area contributed by atoms with Gasteiger partial charge >= 0.3 is 0 Å². The summed E-state index contributed by atoms with van der Waals surface area (Å²) in [6.07, 6.45) is 5.08. The Bertz CT molecular complexity index is 823. The normalized spacial score (nSPS) is 32.4. The quantitative estimate of drug-likeness (QED) is 0.218. The van der Waals surface area contributed by atoms with E-state index in [-0.39, 0.29) is 57.8 Å². The van der Waals surface area contributed by atoms with Crippen LogP contribution in [0.3, 0.4) is 0 Å². The van der Waals surface area contributed by atoms with Crippen molar-refractivity contribution >= 4 is 11.8 Å². The molecule has 0 aliphatic heterocycles. The van der Waals surface area contributed by atoms with Crippen LogP contribution in [0.25, 0.3) is 0 Å². The number of nitrogens with one attached hydrogen (secondary N) is 2. The molecule has 6 heteroatoms. The molecule has 2 saturated carbocycles. The Labute approximate surface area is 239 Å². The summed E-state index contributed by atoms with van der Waals surface area (Å²) in [6, 6.07) is 0. The van der Waals surface area contributed by atoms with Crippen LogP contribution in [0, 0.1) is 51.8 Å². The number of carbonyl (C=O) groups excluding carboxylic acids is 2. The lowest BCUT2D eigenvalue weighted by molar-refractivity contribution is -0.129.